The van der Waals surface area contributed by atoms with Crippen LogP contribution in [0.5, 0.6) is 0 Å². The van der Waals surface area contributed by atoms with Gasteiger partial charge >= 0.3 is 0 Å². The summed E-state index contributed by atoms with van der Waals surface area (Å²) in [6.45, 7) is 3.16. The molecule has 4 rings (SSSR count). The van der Waals surface area contributed by atoms with Crippen molar-refractivity contribution in [3.8, 4) is 0 Å². The van der Waals surface area contributed by atoms with Gasteiger partial charge in [0.05, 0.1) is 24.8 Å². The third-order valence-electron chi connectivity index (χ3n) is 4.21. The van der Waals surface area contributed by atoms with Crippen molar-refractivity contribution in [2.24, 2.45) is 7.05 Å². The molecule has 1 fully saturated rings. The molecule has 1 aliphatic heterocycles. The molecule has 3 aromatic heterocycles. The summed E-state index contributed by atoms with van der Waals surface area (Å²) in [5.74, 6) is 0.843. The summed E-state index contributed by atoms with van der Waals surface area (Å²) in [5, 5.41) is 12.6. The second-order valence-electron chi connectivity index (χ2n) is 5.99. The van der Waals surface area contributed by atoms with Gasteiger partial charge in [0.1, 0.15) is 17.6 Å². The minimum absolute atomic E-state index is 0.0251. The smallest absolute Gasteiger partial charge is 0.253 e. The maximum absolute atomic E-state index is 12.8. The number of aryl methyl sites for hydroxylation is 2. The zero-order valence-electron chi connectivity index (χ0n) is 13.6. The Morgan fingerprint density at radius 1 is 1.38 bits per heavy atom. The van der Waals surface area contributed by atoms with Crippen LogP contribution in [0.1, 0.15) is 23.9 Å². The van der Waals surface area contributed by atoms with E-state index in [4.69, 9.17) is 0 Å². The predicted octanol–water partition coefficient (Wildman–Crippen LogP) is 0.543. The van der Waals surface area contributed by atoms with Crippen molar-refractivity contribution in [2.75, 3.05) is 11.4 Å². The molecule has 1 unspecified atom stereocenters. The van der Waals surface area contributed by atoms with E-state index in [1.54, 1.807) is 26.8 Å². The molecular weight excluding hydrogens is 308 g/mol. The molecule has 1 amide bonds. The van der Waals surface area contributed by atoms with Crippen LogP contribution in [0.4, 0.5) is 5.82 Å². The van der Waals surface area contributed by atoms with Gasteiger partial charge in [-0.1, -0.05) is 5.21 Å². The Bertz CT molecular complexity index is 862. The SMILES string of the molecule is Cc1cc(N2CCC(n3cc(Cn4ccnc4)nn3)C2=O)n(C)n1. The van der Waals surface area contributed by atoms with Gasteiger partial charge in [-0.2, -0.15) is 5.10 Å². The van der Waals surface area contributed by atoms with Crippen molar-refractivity contribution in [2.45, 2.75) is 25.9 Å². The lowest BCUT2D eigenvalue weighted by Gasteiger charge is -2.16. The molecule has 24 heavy (non-hydrogen) atoms. The Morgan fingerprint density at radius 2 is 2.25 bits per heavy atom. The number of nitrogens with zero attached hydrogens (tertiary/aromatic N) is 8. The highest BCUT2D eigenvalue weighted by atomic mass is 16.2. The molecule has 1 aliphatic rings. The summed E-state index contributed by atoms with van der Waals surface area (Å²) in [6.07, 6.45) is 7.86. The van der Waals surface area contributed by atoms with Crippen molar-refractivity contribution < 1.29 is 4.79 Å². The lowest BCUT2D eigenvalue weighted by atomic mass is 10.2. The molecule has 0 aliphatic carbocycles. The van der Waals surface area contributed by atoms with Crippen LogP contribution in [-0.4, -0.2) is 46.8 Å². The average molecular weight is 326 g/mol. The van der Waals surface area contributed by atoms with E-state index >= 15 is 0 Å². The highest BCUT2D eigenvalue weighted by molar-refractivity contribution is 5.97. The summed E-state index contributed by atoms with van der Waals surface area (Å²) >= 11 is 0. The predicted molar refractivity (Wildman–Crippen MR) is 85.3 cm³/mol. The normalized spacial score (nSPS) is 17.8. The van der Waals surface area contributed by atoms with Crippen molar-refractivity contribution >= 4 is 11.7 Å². The zero-order valence-corrected chi connectivity index (χ0v) is 13.6. The molecule has 0 saturated carbocycles. The molecule has 3 aromatic rings. The topological polar surface area (TPSA) is 86.7 Å². The van der Waals surface area contributed by atoms with Crippen LogP contribution >= 0.6 is 0 Å². The fraction of sp³-hybridized carbons (Fsp3) is 0.400. The maximum atomic E-state index is 12.8. The first-order valence-corrected chi connectivity index (χ1v) is 7.80. The van der Waals surface area contributed by atoms with Crippen LogP contribution in [-0.2, 0) is 18.4 Å². The van der Waals surface area contributed by atoms with Gasteiger partial charge in [0.2, 0.25) is 0 Å². The van der Waals surface area contributed by atoms with E-state index in [0.29, 0.717) is 19.5 Å². The fourth-order valence-electron chi connectivity index (χ4n) is 3.09. The lowest BCUT2D eigenvalue weighted by Crippen LogP contribution is -2.30. The Labute approximate surface area is 138 Å². The van der Waals surface area contributed by atoms with E-state index < -0.39 is 0 Å². The third-order valence-corrected chi connectivity index (χ3v) is 4.21. The van der Waals surface area contributed by atoms with Crippen LogP contribution < -0.4 is 4.90 Å². The van der Waals surface area contributed by atoms with Crippen LogP contribution in [0, 0.1) is 6.92 Å². The van der Waals surface area contributed by atoms with Crippen molar-refractivity contribution in [1.29, 1.82) is 0 Å². The van der Waals surface area contributed by atoms with Gasteiger partial charge in [-0.15, -0.1) is 5.10 Å². The van der Waals surface area contributed by atoms with Crippen LogP contribution in [0.2, 0.25) is 0 Å². The molecule has 0 N–H and O–H groups in total. The second-order valence-corrected chi connectivity index (χ2v) is 5.99. The van der Waals surface area contributed by atoms with Crippen molar-refractivity contribution in [1.82, 2.24) is 34.3 Å². The molecule has 0 spiro atoms. The number of carbonyl (C=O) groups excluding carboxylic acids is 1. The monoisotopic (exact) mass is 326 g/mol. The van der Waals surface area contributed by atoms with Gasteiger partial charge in [-0.25, -0.2) is 9.67 Å². The average Bonchev–Trinajstić information content (AvgIpc) is 3.29. The molecular formula is C15H18N8O. The minimum atomic E-state index is -0.316. The van der Waals surface area contributed by atoms with E-state index in [0.717, 1.165) is 17.2 Å². The number of hydrogen-bond donors (Lipinski definition) is 0. The summed E-state index contributed by atoms with van der Waals surface area (Å²) in [5.41, 5.74) is 1.70. The Balaban J connectivity index is 1.52. The molecule has 0 aromatic carbocycles. The number of hydrogen-bond acceptors (Lipinski definition) is 5. The van der Waals surface area contributed by atoms with Crippen LogP contribution in [0.3, 0.4) is 0 Å². The third kappa shape index (κ3) is 2.47. The zero-order chi connectivity index (χ0) is 16.7. The number of rotatable bonds is 4. The number of anilines is 1. The maximum Gasteiger partial charge on any atom is 0.253 e. The summed E-state index contributed by atoms with van der Waals surface area (Å²) in [7, 11) is 1.85. The number of aromatic nitrogens is 7. The van der Waals surface area contributed by atoms with Gasteiger partial charge in [0.25, 0.3) is 5.91 Å². The minimum Gasteiger partial charge on any atom is -0.331 e. The largest absolute Gasteiger partial charge is 0.331 e. The molecule has 1 saturated heterocycles. The molecule has 124 valence electrons. The van der Waals surface area contributed by atoms with E-state index in [1.165, 1.54) is 0 Å². The van der Waals surface area contributed by atoms with Gasteiger partial charge < -0.3 is 4.57 Å². The quantitative estimate of drug-likeness (QED) is 0.698. The first-order chi connectivity index (χ1) is 11.6. The van der Waals surface area contributed by atoms with Crippen LogP contribution in [0.25, 0.3) is 0 Å². The summed E-state index contributed by atoms with van der Waals surface area (Å²) in [6, 6.07) is 1.61. The van der Waals surface area contributed by atoms with Crippen molar-refractivity contribution in [3.63, 3.8) is 0 Å². The fourth-order valence-corrected chi connectivity index (χ4v) is 3.09. The number of imidazole rings is 1. The summed E-state index contributed by atoms with van der Waals surface area (Å²) in [4.78, 5) is 18.5. The molecule has 0 radical (unpaired) electrons. The highest BCUT2D eigenvalue weighted by Crippen LogP contribution is 2.28. The molecule has 1 atom stereocenters. The lowest BCUT2D eigenvalue weighted by molar-refractivity contribution is -0.120. The molecule has 0 bridgehead atoms. The van der Waals surface area contributed by atoms with Gasteiger partial charge in [0, 0.05) is 32.1 Å². The number of amides is 1. The number of carbonyl (C=O) groups is 1. The Kier molecular flexibility index (Phi) is 3.40. The first kappa shape index (κ1) is 14.6. The summed E-state index contributed by atoms with van der Waals surface area (Å²) < 4.78 is 5.31. The van der Waals surface area contributed by atoms with Crippen molar-refractivity contribution in [3.05, 3.63) is 42.4 Å². The van der Waals surface area contributed by atoms with Gasteiger partial charge in [-0.3, -0.25) is 14.4 Å². The second kappa shape index (κ2) is 5.59. The van der Waals surface area contributed by atoms with E-state index in [9.17, 15) is 4.79 Å². The van der Waals surface area contributed by atoms with E-state index in [2.05, 4.69) is 20.4 Å². The molecule has 4 heterocycles. The Morgan fingerprint density at radius 3 is 2.96 bits per heavy atom. The van der Waals surface area contributed by atoms with Gasteiger partial charge in [0.15, 0.2) is 0 Å². The Hall–Kier alpha value is -2.97. The van der Waals surface area contributed by atoms with Gasteiger partial charge in [-0.05, 0) is 13.3 Å². The van der Waals surface area contributed by atoms with E-state index in [1.807, 2.05) is 37.0 Å². The standard InChI is InChI=1S/C15H18N8O/c1-11-7-14(20(2)18-11)22-5-3-13(15(22)24)23-9-12(17-19-23)8-21-6-4-16-10-21/h4,6-7,9-10,13H,3,5,8H2,1-2H3. The van der Waals surface area contributed by atoms with Crippen LogP contribution in [0.15, 0.2) is 31.0 Å². The molecule has 9 nitrogen and oxygen atoms in total. The first-order valence-electron chi connectivity index (χ1n) is 7.80. The highest BCUT2D eigenvalue weighted by Gasteiger charge is 2.36. The molecule has 9 heteroatoms. The van der Waals surface area contributed by atoms with E-state index in [-0.39, 0.29) is 11.9 Å².